The van der Waals surface area contributed by atoms with E-state index in [0.717, 1.165) is 4.90 Å². The number of aromatic nitrogens is 2. The molecule has 0 amide bonds. The van der Waals surface area contributed by atoms with Crippen LogP contribution in [0.25, 0.3) is 0 Å². The number of hydrogen-bond donors (Lipinski definition) is 0. The molecular formula is C5H5ClN2S. The Morgan fingerprint density at radius 1 is 1.67 bits per heavy atom. The first-order chi connectivity index (χ1) is 4.33. The summed E-state index contributed by atoms with van der Waals surface area (Å²) < 4.78 is 0. The van der Waals surface area contributed by atoms with E-state index in [2.05, 4.69) is 10.2 Å². The second kappa shape index (κ2) is 3.03. The van der Waals surface area contributed by atoms with Gasteiger partial charge in [-0.2, -0.15) is 5.10 Å². The van der Waals surface area contributed by atoms with Crippen molar-refractivity contribution in [3.8, 4) is 0 Å². The van der Waals surface area contributed by atoms with E-state index in [9.17, 15) is 0 Å². The molecule has 1 aromatic heterocycles. The van der Waals surface area contributed by atoms with Gasteiger partial charge in [-0.1, -0.05) is 11.6 Å². The van der Waals surface area contributed by atoms with Gasteiger partial charge in [-0.3, -0.25) is 0 Å². The van der Waals surface area contributed by atoms with Crippen LogP contribution in [0.1, 0.15) is 0 Å². The lowest BCUT2D eigenvalue weighted by molar-refractivity contribution is 0.998. The van der Waals surface area contributed by atoms with Gasteiger partial charge in [-0.05, 0) is 12.3 Å². The molecule has 4 heteroatoms. The maximum Gasteiger partial charge on any atom is 0.152 e. The molecule has 0 fully saturated rings. The molecule has 0 aliphatic heterocycles. The normalized spacial score (nSPS) is 9.56. The molecule has 0 N–H and O–H groups in total. The summed E-state index contributed by atoms with van der Waals surface area (Å²) in [6.07, 6.45) is 3.64. The SMILES string of the molecule is CSc1cnnc(Cl)c1. The highest BCUT2D eigenvalue weighted by molar-refractivity contribution is 7.98. The van der Waals surface area contributed by atoms with Crippen LogP contribution in [-0.2, 0) is 0 Å². The van der Waals surface area contributed by atoms with E-state index in [1.54, 1.807) is 24.0 Å². The van der Waals surface area contributed by atoms with E-state index in [4.69, 9.17) is 11.6 Å². The van der Waals surface area contributed by atoms with Crippen LogP contribution in [0.5, 0.6) is 0 Å². The van der Waals surface area contributed by atoms with Gasteiger partial charge >= 0.3 is 0 Å². The minimum absolute atomic E-state index is 0.446. The average Bonchev–Trinajstić information content (AvgIpc) is 1.88. The van der Waals surface area contributed by atoms with E-state index in [-0.39, 0.29) is 0 Å². The average molecular weight is 161 g/mol. The highest BCUT2D eigenvalue weighted by Crippen LogP contribution is 2.14. The van der Waals surface area contributed by atoms with Gasteiger partial charge in [0.15, 0.2) is 5.15 Å². The summed E-state index contributed by atoms with van der Waals surface area (Å²) in [7, 11) is 0. The molecule has 1 aromatic rings. The zero-order chi connectivity index (χ0) is 6.69. The Morgan fingerprint density at radius 3 is 2.89 bits per heavy atom. The van der Waals surface area contributed by atoms with Crippen LogP contribution in [0.4, 0.5) is 0 Å². The molecular weight excluding hydrogens is 156 g/mol. The van der Waals surface area contributed by atoms with Crippen LogP contribution in [0, 0.1) is 0 Å². The van der Waals surface area contributed by atoms with E-state index >= 15 is 0 Å². The molecule has 9 heavy (non-hydrogen) atoms. The number of nitrogens with zero attached hydrogens (tertiary/aromatic N) is 2. The third-order valence-electron chi connectivity index (χ3n) is 0.835. The van der Waals surface area contributed by atoms with Crippen LogP contribution in [-0.4, -0.2) is 16.5 Å². The lowest BCUT2D eigenvalue weighted by atomic mass is 10.6. The Balaban J connectivity index is 2.94. The summed E-state index contributed by atoms with van der Waals surface area (Å²) in [5.74, 6) is 0. The molecule has 0 unspecified atom stereocenters. The standard InChI is InChI=1S/C5H5ClN2S/c1-9-4-2-5(6)8-7-3-4/h2-3H,1H3. The third kappa shape index (κ3) is 1.84. The Labute approximate surface area is 62.6 Å². The van der Waals surface area contributed by atoms with E-state index in [0.29, 0.717) is 5.15 Å². The van der Waals surface area contributed by atoms with Crippen molar-refractivity contribution < 1.29 is 0 Å². The van der Waals surface area contributed by atoms with Crippen LogP contribution in [0.3, 0.4) is 0 Å². The van der Waals surface area contributed by atoms with Crippen LogP contribution in [0.2, 0.25) is 5.15 Å². The Kier molecular flexibility index (Phi) is 2.30. The molecule has 0 bridgehead atoms. The minimum Gasteiger partial charge on any atom is -0.156 e. The van der Waals surface area contributed by atoms with Gasteiger partial charge in [0.05, 0.1) is 6.20 Å². The lowest BCUT2D eigenvalue weighted by Gasteiger charge is -1.91. The van der Waals surface area contributed by atoms with Gasteiger partial charge in [0.2, 0.25) is 0 Å². The van der Waals surface area contributed by atoms with Crippen molar-refractivity contribution in [2.45, 2.75) is 4.90 Å². The van der Waals surface area contributed by atoms with Crippen LogP contribution in [0.15, 0.2) is 17.2 Å². The maximum absolute atomic E-state index is 5.54. The number of halogens is 1. The van der Waals surface area contributed by atoms with E-state index in [1.807, 2.05) is 6.26 Å². The predicted octanol–water partition coefficient (Wildman–Crippen LogP) is 1.85. The van der Waals surface area contributed by atoms with Crippen LogP contribution < -0.4 is 0 Å². The van der Waals surface area contributed by atoms with Crippen molar-refractivity contribution in [3.63, 3.8) is 0 Å². The van der Waals surface area contributed by atoms with Crippen molar-refractivity contribution in [2.24, 2.45) is 0 Å². The molecule has 0 aliphatic carbocycles. The second-order valence-electron chi connectivity index (χ2n) is 1.42. The van der Waals surface area contributed by atoms with Crippen molar-refractivity contribution in [3.05, 3.63) is 17.4 Å². The molecule has 0 atom stereocenters. The third-order valence-corrected chi connectivity index (χ3v) is 1.71. The van der Waals surface area contributed by atoms with Gasteiger partial charge < -0.3 is 0 Å². The summed E-state index contributed by atoms with van der Waals surface area (Å²) in [5.41, 5.74) is 0. The summed E-state index contributed by atoms with van der Waals surface area (Å²) in [6.45, 7) is 0. The van der Waals surface area contributed by atoms with Gasteiger partial charge in [0, 0.05) is 4.90 Å². The highest BCUT2D eigenvalue weighted by atomic mass is 35.5. The smallest absolute Gasteiger partial charge is 0.152 e. The first kappa shape index (κ1) is 6.83. The Bertz CT molecular complexity index is 204. The molecule has 0 radical (unpaired) electrons. The molecule has 0 aliphatic rings. The fraction of sp³-hybridized carbons (Fsp3) is 0.200. The zero-order valence-corrected chi connectivity index (χ0v) is 6.41. The largest absolute Gasteiger partial charge is 0.156 e. The van der Waals surface area contributed by atoms with Gasteiger partial charge in [0.25, 0.3) is 0 Å². The summed E-state index contributed by atoms with van der Waals surface area (Å²) in [6, 6.07) is 1.78. The topological polar surface area (TPSA) is 25.8 Å². The lowest BCUT2D eigenvalue weighted by Crippen LogP contribution is -1.80. The molecule has 0 aromatic carbocycles. The summed E-state index contributed by atoms with van der Waals surface area (Å²) in [5, 5.41) is 7.69. The molecule has 48 valence electrons. The number of rotatable bonds is 1. The summed E-state index contributed by atoms with van der Waals surface area (Å²) >= 11 is 7.13. The van der Waals surface area contributed by atoms with Crippen molar-refractivity contribution >= 4 is 23.4 Å². The van der Waals surface area contributed by atoms with E-state index in [1.165, 1.54) is 0 Å². The quantitative estimate of drug-likeness (QED) is 0.587. The van der Waals surface area contributed by atoms with Crippen molar-refractivity contribution in [1.29, 1.82) is 0 Å². The molecule has 1 heterocycles. The van der Waals surface area contributed by atoms with Gasteiger partial charge in [0.1, 0.15) is 0 Å². The van der Waals surface area contributed by atoms with Gasteiger partial charge in [-0.15, -0.1) is 16.9 Å². The molecule has 1 rings (SSSR count). The van der Waals surface area contributed by atoms with Crippen molar-refractivity contribution in [1.82, 2.24) is 10.2 Å². The Hall–Kier alpha value is -0.280. The molecule has 0 saturated carbocycles. The molecule has 0 spiro atoms. The zero-order valence-electron chi connectivity index (χ0n) is 4.84. The first-order valence-corrected chi connectivity index (χ1v) is 3.95. The minimum atomic E-state index is 0.446. The van der Waals surface area contributed by atoms with Crippen LogP contribution >= 0.6 is 23.4 Å². The number of thioether (sulfide) groups is 1. The predicted molar refractivity (Wildman–Crippen MR) is 38.8 cm³/mol. The van der Waals surface area contributed by atoms with Crippen molar-refractivity contribution in [2.75, 3.05) is 6.26 Å². The monoisotopic (exact) mass is 160 g/mol. The second-order valence-corrected chi connectivity index (χ2v) is 2.69. The van der Waals surface area contributed by atoms with E-state index < -0.39 is 0 Å². The molecule has 2 nitrogen and oxygen atoms in total. The maximum atomic E-state index is 5.54. The highest BCUT2D eigenvalue weighted by Gasteiger charge is 1.90. The fourth-order valence-corrected chi connectivity index (χ4v) is 1.04. The summed E-state index contributed by atoms with van der Waals surface area (Å²) in [4.78, 5) is 1.04. The fourth-order valence-electron chi connectivity index (χ4n) is 0.436. The number of hydrogen-bond acceptors (Lipinski definition) is 3. The van der Waals surface area contributed by atoms with Gasteiger partial charge in [-0.25, -0.2) is 0 Å². The Morgan fingerprint density at radius 2 is 2.44 bits per heavy atom. The first-order valence-electron chi connectivity index (χ1n) is 2.35. The molecule has 0 saturated heterocycles.